The Morgan fingerprint density at radius 3 is 2.35 bits per heavy atom. The van der Waals surface area contributed by atoms with Gasteiger partial charge in [-0.3, -0.25) is 19.3 Å². The second-order valence-corrected chi connectivity index (χ2v) is 8.66. The molecule has 3 heterocycles. The number of carbonyl (C=O) groups excluding carboxylic acids is 4. The molecule has 174 valence electrons. The highest BCUT2D eigenvalue weighted by Gasteiger charge is 2.49. The van der Waals surface area contributed by atoms with Gasteiger partial charge in [0.15, 0.2) is 5.76 Å². The molecular formula is C25H24N4O5. The van der Waals surface area contributed by atoms with Gasteiger partial charge in [0, 0.05) is 26.2 Å². The third-order valence-corrected chi connectivity index (χ3v) is 6.55. The summed E-state index contributed by atoms with van der Waals surface area (Å²) in [6.45, 7) is 2.63. The lowest BCUT2D eigenvalue weighted by molar-refractivity contribution is -0.139. The third-order valence-electron chi connectivity index (χ3n) is 6.55. The summed E-state index contributed by atoms with van der Waals surface area (Å²) in [4.78, 5) is 55.4. The fraction of sp³-hybridized carbons (Fsp3) is 0.280. The van der Waals surface area contributed by atoms with E-state index in [4.69, 9.17) is 4.42 Å². The molecule has 2 aromatic carbocycles. The van der Waals surface area contributed by atoms with Crippen LogP contribution in [0.15, 0.2) is 65.3 Å². The van der Waals surface area contributed by atoms with Crippen LogP contribution in [0.3, 0.4) is 0 Å². The number of hydrogen-bond donors (Lipinski definition) is 1. The Hall–Kier alpha value is -4.14. The van der Waals surface area contributed by atoms with E-state index in [0.717, 1.165) is 15.7 Å². The number of nitrogens with zero attached hydrogens (tertiary/aromatic N) is 3. The lowest BCUT2D eigenvalue weighted by atomic mass is 9.90. The van der Waals surface area contributed by atoms with Crippen molar-refractivity contribution in [1.29, 1.82) is 0 Å². The van der Waals surface area contributed by atoms with Gasteiger partial charge in [-0.1, -0.05) is 36.4 Å². The quantitative estimate of drug-likeness (QED) is 0.601. The predicted octanol–water partition coefficient (Wildman–Crippen LogP) is 2.18. The second kappa shape index (κ2) is 8.33. The summed E-state index contributed by atoms with van der Waals surface area (Å²) in [5.74, 6) is -0.770. The first kappa shape index (κ1) is 21.7. The summed E-state index contributed by atoms with van der Waals surface area (Å²) in [5.41, 5.74) is -0.597. The van der Waals surface area contributed by atoms with Gasteiger partial charge in [-0.15, -0.1) is 0 Å². The number of amides is 5. The predicted molar refractivity (Wildman–Crippen MR) is 123 cm³/mol. The number of benzene rings is 2. The molecule has 1 atom stereocenters. The molecule has 0 bridgehead atoms. The van der Waals surface area contributed by atoms with Gasteiger partial charge < -0.3 is 19.5 Å². The zero-order valence-corrected chi connectivity index (χ0v) is 18.7. The number of furan rings is 1. The van der Waals surface area contributed by atoms with Crippen molar-refractivity contribution >= 4 is 34.5 Å². The molecule has 2 aliphatic heterocycles. The Morgan fingerprint density at radius 2 is 1.65 bits per heavy atom. The number of hydrogen-bond acceptors (Lipinski definition) is 5. The molecule has 0 unspecified atom stereocenters. The molecule has 2 saturated heterocycles. The van der Waals surface area contributed by atoms with Crippen LogP contribution < -0.4 is 5.32 Å². The minimum atomic E-state index is -1.25. The van der Waals surface area contributed by atoms with E-state index in [1.165, 1.54) is 6.26 Å². The van der Waals surface area contributed by atoms with Gasteiger partial charge in [0.05, 0.1) is 6.26 Å². The van der Waals surface area contributed by atoms with Gasteiger partial charge in [0.1, 0.15) is 12.1 Å². The van der Waals surface area contributed by atoms with Crippen molar-refractivity contribution in [3.63, 3.8) is 0 Å². The van der Waals surface area contributed by atoms with Gasteiger partial charge in [-0.2, -0.15) is 0 Å². The molecule has 2 aliphatic rings. The van der Waals surface area contributed by atoms with E-state index in [9.17, 15) is 19.2 Å². The Morgan fingerprint density at radius 1 is 0.941 bits per heavy atom. The smallest absolute Gasteiger partial charge is 0.325 e. The van der Waals surface area contributed by atoms with E-state index in [-0.39, 0.29) is 24.1 Å². The Labute approximate surface area is 195 Å². The zero-order chi connectivity index (χ0) is 23.9. The molecule has 0 spiro atoms. The molecule has 0 aliphatic carbocycles. The summed E-state index contributed by atoms with van der Waals surface area (Å²) in [6.07, 6.45) is 1.44. The highest BCUT2D eigenvalue weighted by molar-refractivity contribution is 6.09. The van der Waals surface area contributed by atoms with E-state index >= 15 is 0 Å². The summed E-state index contributed by atoms with van der Waals surface area (Å²) in [5, 5.41) is 4.75. The van der Waals surface area contributed by atoms with Crippen molar-refractivity contribution in [3.05, 3.63) is 72.2 Å². The van der Waals surface area contributed by atoms with E-state index in [2.05, 4.69) is 5.32 Å². The van der Waals surface area contributed by atoms with Crippen LogP contribution in [0.2, 0.25) is 0 Å². The number of piperazine rings is 1. The maximum atomic E-state index is 13.3. The SMILES string of the molecule is C[C@@]1(c2ccc3ccccc3c2)NC(=O)N(CC(=O)N2CCN(C(=O)c3ccco3)CC2)C1=O. The first-order valence-corrected chi connectivity index (χ1v) is 11.1. The molecule has 34 heavy (non-hydrogen) atoms. The highest BCUT2D eigenvalue weighted by atomic mass is 16.3. The fourth-order valence-corrected chi connectivity index (χ4v) is 4.49. The van der Waals surface area contributed by atoms with Crippen LogP contribution in [0.5, 0.6) is 0 Å². The molecule has 0 saturated carbocycles. The second-order valence-electron chi connectivity index (χ2n) is 8.66. The minimum Gasteiger partial charge on any atom is -0.459 e. The average Bonchev–Trinajstić information content (AvgIpc) is 3.47. The van der Waals surface area contributed by atoms with Crippen LogP contribution in [0.4, 0.5) is 4.79 Å². The van der Waals surface area contributed by atoms with Gasteiger partial charge in [-0.05, 0) is 41.5 Å². The van der Waals surface area contributed by atoms with E-state index < -0.39 is 17.5 Å². The molecular weight excluding hydrogens is 436 g/mol. The molecule has 3 aromatic rings. The first-order chi connectivity index (χ1) is 16.4. The fourth-order valence-electron chi connectivity index (χ4n) is 4.49. The monoisotopic (exact) mass is 460 g/mol. The third kappa shape index (κ3) is 3.68. The molecule has 0 radical (unpaired) electrons. The summed E-state index contributed by atoms with van der Waals surface area (Å²) < 4.78 is 5.15. The molecule has 5 rings (SSSR count). The van der Waals surface area contributed by atoms with Gasteiger partial charge >= 0.3 is 6.03 Å². The molecule has 1 aromatic heterocycles. The Bertz CT molecular complexity index is 1280. The van der Waals surface area contributed by atoms with Crippen LogP contribution in [-0.2, 0) is 15.1 Å². The standard InChI is InChI=1S/C25H24N4O5/c1-25(19-9-8-17-5-2-3-6-18(17)15-19)23(32)29(24(33)26-25)16-21(30)27-10-12-28(13-11-27)22(31)20-7-4-14-34-20/h2-9,14-15H,10-13,16H2,1H3,(H,26,33)/t25-/m0/s1. The number of fused-ring (bicyclic) bond motifs is 1. The van der Waals surface area contributed by atoms with Gasteiger partial charge in [0.25, 0.3) is 11.8 Å². The highest BCUT2D eigenvalue weighted by Crippen LogP contribution is 2.31. The van der Waals surface area contributed by atoms with Crippen LogP contribution in [0, 0.1) is 0 Å². The van der Waals surface area contributed by atoms with Crippen molar-refractivity contribution in [2.75, 3.05) is 32.7 Å². The van der Waals surface area contributed by atoms with Crippen molar-refractivity contribution < 1.29 is 23.6 Å². The van der Waals surface area contributed by atoms with Crippen molar-refractivity contribution in [1.82, 2.24) is 20.0 Å². The number of carbonyl (C=O) groups is 4. The largest absolute Gasteiger partial charge is 0.459 e. The van der Waals surface area contributed by atoms with Crippen molar-refractivity contribution in [3.8, 4) is 0 Å². The van der Waals surface area contributed by atoms with E-state index in [0.29, 0.717) is 31.7 Å². The molecule has 1 N–H and O–H groups in total. The maximum Gasteiger partial charge on any atom is 0.325 e. The van der Waals surface area contributed by atoms with Crippen molar-refractivity contribution in [2.45, 2.75) is 12.5 Å². The summed E-state index contributed by atoms with van der Waals surface area (Å²) in [6, 6.07) is 16.0. The molecule has 2 fully saturated rings. The zero-order valence-electron chi connectivity index (χ0n) is 18.7. The maximum absolute atomic E-state index is 13.3. The number of imide groups is 1. The topological polar surface area (TPSA) is 103 Å². The van der Waals surface area contributed by atoms with E-state index in [1.54, 1.807) is 28.9 Å². The lowest BCUT2D eigenvalue weighted by Crippen LogP contribution is -2.53. The van der Waals surface area contributed by atoms with Crippen LogP contribution in [0.25, 0.3) is 10.8 Å². The molecule has 5 amide bonds. The Balaban J connectivity index is 1.25. The van der Waals surface area contributed by atoms with Crippen LogP contribution in [-0.4, -0.2) is 71.2 Å². The summed E-state index contributed by atoms with van der Waals surface area (Å²) >= 11 is 0. The number of nitrogens with one attached hydrogen (secondary N) is 1. The average molecular weight is 460 g/mol. The van der Waals surface area contributed by atoms with Gasteiger partial charge in [0.2, 0.25) is 5.91 Å². The van der Waals surface area contributed by atoms with E-state index in [1.807, 2.05) is 42.5 Å². The molecule has 9 heteroatoms. The van der Waals surface area contributed by atoms with Crippen LogP contribution >= 0.6 is 0 Å². The van der Waals surface area contributed by atoms with Gasteiger partial charge in [-0.25, -0.2) is 4.79 Å². The minimum absolute atomic E-state index is 0.225. The van der Waals surface area contributed by atoms with Crippen molar-refractivity contribution in [2.24, 2.45) is 0 Å². The first-order valence-electron chi connectivity index (χ1n) is 11.1. The summed E-state index contributed by atoms with van der Waals surface area (Å²) in [7, 11) is 0. The van der Waals surface area contributed by atoms with Crippen LogP contribution in [0.1, 0.15) is 23.0 Å². The number of urea groups is 1. The number of rotatable bonds is 4. The molecule has 9 nitrogen and oxygen atoms in total. The lowest BCUT2D eigenvalue weighted by Gasteiger charge is -2.34. The normalized spacial score (nSPS) is 20.7. The Kier molecular flexibility index (Phi) is 5.31.